The van der Waals surface area contributed by atoms with Crippen LogP contribution >= 0.6 is 0 Å². The molecule has 98 valence electrons. The summed E-state index contributed by atoms with van der Waals surface area (Å²) in [6, 6.07) is 0. The summed E-state index contributed by atoms with van der Waals surface area (Å²) >= 11 is 0. The van der Waals surface area contributed by atoms with Crippen molar-refractivity contribution in [3.8, 4) is 0 Å². The van der Waals surface area contributed by atoms with Gasteiger partial charge in [0, 0.05) is 18.9 Å². The number of hydrogen-bond donors (Lipinski definition) is 1. The maximum absolute atomic E-state index is 12.1. The molecule has 1 saturated carbocycles. The van der Waals surface area contributed by atoms with Crippen LogP contribution in [0.2, 0.25) is 0 Å². The highest BCUT2D eigenvalue weighted by Gasteiger charge is 2.41. The Balaban J connectivity index is 1.82. The zero-order valence-electron chi connectivity index (χ0n) is 11.0. The molecule has 1 spiro atoms. The topological polar surface area (TPSA) is 38.3 Å². The van der Waals surface area contributed by atoms with Crippen LogP contribution in [0.25, 0.3) is 0 Å². The maximum atomic E-state index is 12.1. The molecule has 1 N–H and O–H groups in total. The third kappa shape index (κ3) is 3.29. The van der Waals surface area contributed by atoms with E-state index in [-0.39, 0.29) is 11.5 Å². The largest absolute Gasteiger partial charge is 0.375 e. The lowest BCUT2D eigenvalue weighted by molar-refractivity contribution is -0.136. The fourth-order valence-electron chi connectivity index (χ4n) is 3.31. The van der Waals surface area contributed by atoms with Gasteiger partial charge in [-0.05, 0) is 45.7 Å². The molecule has 1 saturated heterocycles. The zero-order valence-corrected chi connectivity index (χ0v) is 11.0. The second kappa shape index (κ2) is 5.96. The van der Waals surface area contributed by atoms with E-state index in [0.717, 1.165) is 38.8 Å². The number of ketones is 1. The molecule has 0 radical (unpaired) electrons. The molecule has 0 aromatic heterocycles. The molecule has 0 aromatic carbocycles. The molecular weight excluding hydrogens is 214 g/mol. The standard InChI is InChI=1S/C14H25NO2/c1-15-9-4-5-13(16)12-6-10-17-14(11-12)7-2-3-8-14/h12,15H,2-11H2,1H3. The third-order valence-electron chi connectivity index (χ3n) is 4.31. The molecule has 1 atom stereocenters. The van der Waals surface area contributed by atoms with Crippen molar-refractivity contribution in [2.75, 3.05) is 20.2 Å². The maximum Gasteiger partial charge on any atom is 0.136 e. The molecule has 2 rings (SSSR count). The summed E-state index contributed by atoms with van der Waals surface area (Å²) in [5.41, 5.74) is 0.0849. The molecule has 2 fully saturated rings. The molecule has 1 aliphatic heterocycles. The Kier molecular flexibility index (Phi) is 4.57. The first-order valence-electron chi connectivity index (χ1n) is 7.07. The summed E-state index contributed by atoms with van der Waals surface area (Å²) in [4.78, 5) is 12.1. The van der Waals surface area contributed by atoms with Crippen LogP contribution in [0, 0.1) is 5.92 Å². The highest BCUT2D eigenvalue weighted by atomic mass is 16.5. The lowest BCUT2D eigenvalue weighted by atomic mass is 9.81. The Morgan fingerprint density at radius 3 is 2.88 bits per heavy atom. The molecule has 1 aliphatic carbocycles. The first-order valence-corrected chi connectivity index (χ1v) is 7.07. The van der Waals surface area contributed by atoms with E-state index in [0.29, 0.717) is 5.78 Å². The lowest BCUT2D eigenvalue weighted by Crippen LogP contribution is -2.39. The second-order valence-corrected chi connectivity index (χ2v) is 5.60. The normalized spacial score (nSPS) is 27.5. The van der Waals surface area contributed by atoms with E-state index in [1.54, 1.807) is 0 Å². The quantitative estimate of drug-likeness (QED) is 0.748. The van der Waals surface area contributed by atoms with Crippen molar-refractivity contribution >= 4 is 5.78 Å². The van der Waals surface area contributed by atoms with Gasteiger partial charge >= 0.3 is 0 Å². The molecule has 2 aliphatic rings. The van der Waals surface area contributed by atoms with Gasteiger partial charge < -0.3 is 10.1 Å². The van der Waals surface area contributed by atoms with Gasteiger partial charge in [0.15, 0.2) is 0 Å². The Bertz CT molecular complexity index is 259. The van der Waals surface area contributed by atoms with Crippen molar-refractivity contribution in [2.45, 2.75) is 57.0 Å². The number of nitrogens with one attached hydrogen (secondary N) is 1. The van der Waals surface area contributed by atoms with Gasteiger partial charge in [-0.25, -0.2) is 0 Å². The Morgan fingerprint density at radius 1 is 1.41 bits per heavy atom. The SMILES string of the molecule is CNCCCC(=O)C1CCOC2(CCCC2)C1. The minimum Gasteiger partial charge on any atom is -0.375 e. The summed E-state index contributed by atoms with van der Waals surface area (Å²) in [5.74, 6) is 0.744. The highest BCUT2D eigenvalue weighted by molar-refractivity contribution is 5.81. The van der Waals surface area contributed by atoms with E-state index in [9.17, 15) is 4.79 Å². The molecule has 3 nitrogen and oxygen atoms in total. The summed E-state index contributed by atoms with van der Waals surface area (Å²) < 4.78 is 5.97. The smallest absolute Gasteiger partial charge is 0.136 e. The molecule has 1 heterocycles. The van der Waals surface area contributed by atoms with Crippen molar-refractivity contribution < 1.29 is 9.53 Å². The van der Waals surface area contributed by atoms with Gasteiger partial charge in [-0.1, -0.05) is 12.8 Å². The first-order chi connectivity index (χ1) is 8.26. The van der Waals surface area contributed by atoms with Crippen LogP contribution in [0.15, 0.2) is 0 Å². The van der Waals surface area contributed by atoms with E-state index in [1.807, 2.05) is 7.05 Å². The number of ether oxygens (including phenoxy) is 1. The number of carbonyl (C=O) groups is 1. The van der Waals surface area contributed by atoms with Crippen molar-refractivity contribution in [2.24, 2.45) is 5.92 Å². The molecular formula is C14H25NO2. The van der Waals surface area contributed by atoms with Gasteiger partial charge in [-0.15, -0.1) is 0 Å². The van der Waals surface area contributed by atoms with Crippen molar-refractivity contribution in [1.29, 1.82) is 0 Å². The van der Waals surface area contributed by atoms with Crippen molar-refractivity contribution in [3.05, 3.63) is 0 Å². The molecule has 1 unspecified atom stereocenters. The average molecular weight is 239 g/mol. The lowest BCUT2D eigenvalue weighted by Gasteiger charge is -2.37. The number of Topliss-reactive ketones (excluding diaryl/α,β-unsaturated/α-hetero) is 1. The van der Waals surface area contributed by atoms with Gasteiger partial charge in [0.1, 0.15) is 5.78 Å². The van der Waals surface area contributed by atoms with Crippen molar-refractivity contribution in [3.63, 3.8) is 0 Å². The molecule has 0 amide bonds. The predicted molar refractivity (Wildman–Crippen MR) is 68.0 cm³/mol. The van der Waals surface area contributed by atoms with Gasteiger partial charge in [0.05, 0.1) is 5.60 Å². The van der Waals surface area contributed by atoms with E-state index in [4.69, 9.17) is 4.74 Å². The van der Waals surface area contributed by atoms with Crippen LogP contribution in [0.5, 0.6) is 0 Å². The first kappa shape index (κ1) is 13.0. The number of carbonyl (C=O) groups excluding carboxylic acids is 1. The summed E-state index contributed by atoms with van der Waals surface area (Å²) in [7, 11) is 1.94. The number of rotatable bonds is 5. The van der Waals surface area contributed by atoms with Gasteiger partial charge in [-0.3, -0.25) is 4.79 Å². The zero-order chi connectivity index (χ0) is 12.1. The summed E-state index contributed by atoms with van der Waals surface area (Å²) in [6.45, 7) is 1.74. The molecule has 3 heteroatoms. The van der Waals surface area contributed by atoms with Crippen LogP contribution < -0.4 is 5.32 Å². The van der Waals surface area contributed by atoms with E-state index in [2.05, 4.69) is 5.32 Å². The van der Waals surface area contributed by atoms with Crippen LogP contribution in [0.3, 0.4) is 0 Å². The summed E-state index contributed by atoms with van der Waals surface area (Å²) in [6.07, 6.45) is 8.55. The third-order valence-corrected chi connectivity index (χ3v) is 4.31. The summed E-state index contributed by atoms with van der Waals surface area (Å²) in [5, 5.41) is 3.10. The van der Waals surface area contributed by atoms with Gasteiger partial charge in [0.2, 0.25) is 0 Å². The molecule has 0 aromatic rings. The Morgan fingerprint density at radius 2 is 2.18 bits per heavy atom. The molecule has 0 bridgehead atoms. The monoisotopic (exact) mass is 239 g/mol. The minimum absolute atomic E-state index is 0.0849. The Labute approximate surface area is 104 Å². The van der Waals surface area contributed by atoms with E-state index in [1.165, 1.54) is 25.7 Å². The predicted octanol–water partition coefficient (Wildman–Crippen LogP) is 2.29. The van der Waals surface area contributed by atoms with Crippen LogP contribution in [-0.4, -0.2) is 31.6 Å². The van der Waals surface area contributed by atoms with Gasteiger partial charge in [-0.2, -0.15) is 0 Å². The second-order valence-electron chi connectivity index (χ2n) is 5.60. The van der Waals surface area contributed by atoms with Crippen LogP contribution in [-0.2, 0) is 9.53 Å². The average Bonchev–Trinajstić information content (AvgIpc) is 2.77. The van der Waals surface area contributed by atoms with Crippen molar-refractivity contribution in [1.82, 2.24) is 5.32 Å². The Hall–Kier alpha value is -0.410. The fraction of sp³-hybridized carbons (Fsp3) is 0.929. The highest BCUT2D eigenvalue weighted by Crippen LogP contribution is 2.42. The van der Waals surface area contributed by atoms with Gasteiger partial charge in [0.25, 0.3) is 0 Å². The molecule has 17 heavy (non-hydrogen) atoms. The minimum atomic E-state index is 0.0849. The van der Waals surface area contributed by atoms with Crippen LogP contribution in [0.1, 0.15) is 51.4 Å². The number of hydrogen-bond acceptors (Lipinski definition) is 3. The van der Waals surface area contributed by atoms with E-state index < -0.39 is 0 Å². The van der Waals surface area contributed by atoms with E-state index >= 15 is 0 Å². The van der Waals surface area contributed by atoms with Crippen LogP contribution in [0.4, 0.5) is 0 Å². The fourth-order valence-corrected chi connectivity index (χ4v) is 3.31.